The quantitative estimate of drug-likeness (QED) is 0.729. The summed E-state index contributed by atoms with van der Waals surface area (Å²) in [6, 6.07) is 0. The second kappa shape index (κ2) is 2.90. The van der Waals surface area contributed by atoms with Crippen LogP contribution in [0.15, 0.2) is 6.20 Å². The molecule has 3 nitrogen and oxygen atoms in total. The van der Waals surface area contributed by atoms with Crippen LogP contribution in [0, 0.1) is 6.92 Å². The molecule has 0 bridgehead atoms. The first-order valence-electron chi connectivity index (χ1n) is 4.46. The Kier molecular flexibility index (Phi) is 1.89. The minimum absolute atomic E-state index is 0.181. The summed E-state index contributed by atoms with van der Waals surface area (Å²) in [7, 11) is 0. The summed E-state index contributed by atoms with van der Waals surface area (Å²) in [5, 5.41) is 13.0. The molecule has 0 atom stereocenters. The van der Waals surface area contributed by atoms with Gasteiger partial charge in [-0.05, 0) is 25.3 Å². The van der Waals surface area contributed by atoms with Gasteiger partial charge in [0.05, 0.1) is 19.3 Å². The summed E-state index contributed by atoms with van der Waals surface area (Å²) in [5.74, 6) is 0.721. The molecular weight excluding hydrogens is 152 g/mol. The van der Waals surface area contributed by atoms with Gasteiger partial charge in [0.25, 0.3) is 0 Å². The monoisotopic (exact) mass is 166 g/mol. The molecule has 0 saturated heterocycles. The topological polar surface area (TPSA) is 38.0 Å². The van der Waals surface area contributed by atoms with Gasteiger partial charge in [-0.25, -0.2) is 0 Å². The van der Waals surface area contributed by atoms with Crippen molar-refractivity contribution < 1.29 is 5.11 Å². The van der Waals surface area contributed by atoms with Crippen molar-refractivity contribution in [3.05, 3.63) is 17.5 Å². The van der Waals surface area contributed by atoms with Crippen LogP contribution >= 0.6 is 0 Å². The minimum atomic E-state index is 0.181. The highest BCUT2D eigenvalue weighted by Gasteiger charge is 2.28. The second-order valence-corrected chi connectivity index (χ2v) is 3.43. The van der Waals surface area contributed by atoms with E-state index >= 15 is 0 Å². The molecule has 0 radical (unpaired) electrons. The van der Waals surface area contributed by atoms with Crippen molar-refractivity contribution in [1.82, 2.24) is 9.78 Å². The van der Waals surface area contributed by atoms with Gasteiger partial charge in [-0.2, -0.15) is 5.10 Å². The number of aliphatic hydroxyl groups is 1. The Morgan fingerprint density at radius 2 is 2.42 bits per heavy atom. The zero-order chi connectivity index (χ0) is 8.55. The molecule has 0 aliphatic heterocycles. The number of hydrogen-bond acceptors (Lipinski definition) is 2. The largest absolute Gasteiger partial charge is 0.394 e. The predicted molar refractivity (Wildman–Crippen MR) is 46.0 cm³/mol. The van der Waals surface area contributed by atoms with Gasteiger partial charge in [0.2, 0.25) is 0 Å². The van der Waals surface area contributed by atoms with Crippen molar-refractivity contribution in [2.45, 2.75) is 32.2 Å². The van der Waals surface area contributed by atoms with Gasteiger partial charge >= 0.3 is 0 Å². The zero-order valence-corrected chi connectivity index (χ0v) is 7.32. The summed E-state index contributed by atoms with van der Waals surface area (Å²) < 4.78 is 1.94. The molecule has 2 rings (SSSR count). The van der Waals surface area contributed by atoms with Crippen LogP contribution in [0.25, 0.3) is 0 Å². The van der Waals surface area contributed by atoms with Crippen LogP contribution in [0.1, 0.15) is 30.0 Å². The first-order chi connectivity index (χ1) is 5.83. The van der Waals surface area contributed by atoms with Gasteiger partial charge in [-0.1, -0.05) is 0 Å². The van der Waals surface area contributed by atoms with Gasteiger partial charge in [0.1, 0.15) is 0 Å². The normalized spacial score (nSPS) is 16.8. The van der Waals surface area contributed by atoms with Gasteiger partial charge in [-0.15, -0.1) is 0 Å². The smallest absolute Gasteiger partial charge is 0.0644 e. The maximum atomic E-state index is 8.79. The highest BCUT2D eigenvalue weighted by Crippen LogP contribution is 2.41. The van der Waals surface area contributed by atoms with E-state index < -0.39 is 0 Å². The first-order valence-corrected chi connectivity index (χ1v) is 4.46. The Hall–Kier alpha value is -0.830. The molecule has 0 unspecified atom stereocenters. The Morgan fingerprint density at radius 1 is 1.67 bits per heavy atom. The van der Waals surface area contributed by atoms with Crippen molar-refractivity contribution in [2.75, 3.05) is 6.61 Å². The lowest BCUT2D eigenvalue weighted by Crippen LogP contribution is -2.07. The van der Waals surface area contributed by atoms with E-state index in [1.54, 1.807) is 0 Å². The van der Waals surface area contributed by atoms with Gasteiger partial charge in [-0.3, -0.25) is 4.68 Å². The summed E-state index contributed by atoms with van der Waals surface area (Å²) >= 11 is 0. The van der Waals surface area contributed by atoms with Crippen molar-refractivity contribution >= 4 is 0 Å². The molecule has 1 aromatic heterocycles. The van der Waals surface area contributed by atoms with Gasteiger partial charge in [0.15, 0.2) is 0 Å². The standard InChI is InChI=1S/C9H14N2O/c1-7-6-10-11(4-5-12)9(7)8-2-3-8/h6,8,12H,2-5H2,1H3. The van der Waals surface area contributed by atoms with Crippen molar-refractivity contribution in [2.24, 2.45) is 0 Å². The number of aliphatic hydroxyl groups excluding tert-OH is 1. The van der Waals surface area contributed by atoms with Gasteiger partial charge < -0.3 is 5.11 Å². The fourth-order valence-corrected chi connectivity index (χ4v) is 1.65. The van der Waals surface area contributed by atoms with E-state index in [0.29, 0.717) is 6.54 Å². The van der Waals surface area contributed by atoms with Crippen LogP contribution in [0.4, 0.5) is 0 Å². The molecule has 0 amide bonds. The average molecular weight is 166 g/mol. The third-order valence-electron chi connectivity index (χ3n) is 2.35. The number of rotatable bonds is 3. The Labute approximate surface area is 72.0 Å². The number of aromatic nitrogens is 2. The highest BCUT2D eigenvalue weighted by molar-refractivity contribution is 5.23. The van der Waals surface area contributed by atoms with Crippen LogP contribution < -0.4 is 0 Å². The molecule has 1 aromatic rings. The summed E-state index contributed by atoms with van der Waals surface area (Å²) in [6.07, 6.45) is 4.47. The predicted octanol–water partition coefficient (Wildman–Crippen LogP) is 1.06. The molecular formula is C9H14N2O. The molecule has 1 fully saturated rings. The van der Waals surface area contributed by atoms with E-state index in [0.717, 1.165) is 5.92 Å². The second-order valence-electron chi connectivity index (χ2n) is 3.43. The maximum Gasteiger partial charge on any atom is 0.0644 e. The average Bonchev–Trinajstić information content (AvgIpc) is 2.80. The molecule has 1 saturated carbocycles. The first kappa shape index (κ1) is 7.80. The van der Waals surface area contributed by atoms with Crippen LogP contribution in [0.3, 0.4) is 0 Å². The summed E-state index contributed by atoms with van der Waals surface area (Å²) in [5.41, 5.74) is 2.61. The lowest BCUT2D eigenvalue weighted by atomic mass is 10.2. The molecule has 3 heteroatoms. The van der Waals surface area contributed by atoms with Crippen LogP contribution in [0.2, 0.25) is 0 Å². The fourth-order valence-electron chi connectivity index (χ4n) is 1.65. The van der Waals surface area contributed by atoms with Crippen molar-refractivity contribution in [3.63, 3.8) is 0 Å². The molecule has 0 aromatic carbocycles. The molecule has 1 aliphatic rings. The fraction of sp³-hybridized carbons (Fsp3) is 0.667. The molecule has 1 N–H and O–H groups in total. The number of aryl methyl sites for hydroxylation is 1. The van der Waals surface area contributed by atoms with E-state index in [9.17, 15) is 0 Å². The SMILES string of the molecule is Cc1cnn(CCO)c1C1CC1. The third kappa shape index (κ3) is 1.25. The summed E-state index contributed by atoms with van der Waals surface area (Å²) in [6.45, 7) is 2.91. The van der Waals surface area contributed by atoms with Crippen LogP contribution in [-0.4, -0.2) is 21.5 Å². The van der Waals surface area contributed by atoms with E-state index in [2.05, 4.69) is 12.0 Å². The highest BCUT2D eigenvalue weighted by atomic mass is 16.3. The third-order valence-corrected chi connectivity index (χ3v) is 2.35. The van der Waals surface area contributed by atoms with Crippen LogP contribution in [-0.2, 0) is 6.54 Å². The van der Waals surface area contributed by atoms with E-state index in [4.69, 9.17) is 5.11 Å². The Bertz CT molecular complexity index is 276. The van der Waals surface area contributed by atoms with Crippen molar-refractivity contribution in [1.29, 1.82) is 0 Å². The van der Waals surface area contributed by atoms with E-state index in [-0.39, 0.29) is 6.61 Å². The lowest BCUT2D eigenvalue weighted by molar-refractivity contribution is 0.267. The maximum absolute atomic E-state index is 8.79. The molecule has 0 spiro atoms. The molecule has 1 aliphatic carbocycles. The Morgan fingerprint density at radius 3 is 3.00 bits per heavy atom. The molecule has 1 heterocycles. The summed E-state index contributed by atoms with van der Waals surface area (Å²) in [4.78, 5) is 0. The lowest BCUT2D eigenvalue weighted by Gasteiger charge is -2.04. The number of hydrogen-bond donors (Lipinski definition) is 1. The van der Waals surface area contributed by atoms with E-state index in [1.165, 1.54) is 24.1 Å². The Balaban J connectivity index is 2.27. The minimum Gasteiger partial charge on any atom is -0.394 e. The van der Waals surface area contributed by atoms with Crippen molar-refractivity contribution in [3.8, 4) is 0 Å². The molecule has 12 heavy (non-hydrogen) atoms. The zero-order valence-electron chi connectivity index (χ0n) is 7.32. The number of nitrogens with zero attached hydrogens (tertiary/aromatic N) is 2. The van der Waals surface area contributed by atoms with E-state index in [1.807, 2.05) is 10.9 Å². The van der Waals surface area contributed by atoms with Crippen LogP contribution in [0.5, 0.6) is 0 Å². The molecule has 66 valence electrons. The van der Waals surface area contributed by atoms with Gasteiger partial charge in [0, 0.05) is 11.6 Å².